The fourth-order valence-corrected chi connectivity index (χ4v) is 3.99. The normalized spacial score (nSPS) is 12.0. The van der Waals surface area contributed by atoms with Crippen LogP contribution in [0.25, 0.3) is 24.3 Å². The van der Waals surface area contributed by atoms with Gasteiger partial charge < -0.3 is 14.6 Å². The second kappa shape index (κ2) is 11.8. The van der Waals surface area contributed by atoms with Gasteiger partial charge >= 0.3 is 7.60 Å². The third kappa shape index (κ3) is 7.99. The summed E-state index contributed by atoms with van der Waals surface area (Å²) in [6, 6.07) is 12.3. The molecule has 7 heteroatoms. The highest BCUT2D eigenvalue weighted by Gasteiger charge is 2.15. The van der Waals surface area contributed by atoms with Crippen LogP contribution in [0.4, 0.5) is 0 Å². The average molecular weight is 479 g/mol. The standard InChI is InChI=1S/C27H29N2O4P/c1-22-21-27(7-5-25-10-15-29(16-11-25)17-19-34(31,32)33)23(2)20-26(22)6-4-24-8-13-28(14-9-24)12-3-18-30/h4-11,13-16,18,20-21H,3,12,17,19H2,1-2H3/p+2/b6-4+,7-5+. The van der Waals surface area contributed by atoms with E-state index in [0.717, 1.165) is 28.5 Å². The van der Waals surface area contributed by atoms with Crippen LogP contribution in [0.1, 0.15) is 39.8 Å². The largest absolute Gasteiger partial charge is 0.331 e. The fourth-order valence-electron chi connectivity index (χ4n) is 3.50. The van der Waals surface area contributed by atoms with E-state index < -0.39 is 7.60 Å². The predicted molar refractivity (Wildman–Crippen MR) is 135 cm³/mol. The molecular weight excluding hydrogens is 447 g/mol. The summed E-state index contributed by atoms with van der Waals surface area (Å²) in [7, 11) is -3.99. The number of pyridine rings is 2. The molecule has 0 spiro atoms. The van der Waals surface area contributed by atoms with Crippen LogP contribution in [-0.2, 0) is 22.4 Å². The Balaban J connectivity index is 1.66. The molecule has 2 N–H and O–H groups in total. The summed E-state index contributed by atoms with van der Waals surface area (Å²) in [5.41, 5.74) is 6.78. The van der Waals surface area contributed by atoms with Crippen LogP contribution in [0.3, 0.4) is 0 Å². The fraction of sp³-hybridized carbons (Fsp3) is 0.222. The molecule has 3 aromatic rings. The molecule has 0 aliphatic heterocycles. The summed E-state index contributed by atoms with van der Waals surface area (Å²) >= 11 is 0. The summed E-state index contributed by atoms with van der Waals surface area (Å²) < 4.78 is 14.8. The number of rotatable bonds is 10. The van der Waals surface area contributed by atoms with E-state index in [1.807, 2.05) is 59.7 Å². The maximum Gasteiger partial charge on any atom is 0.331 e. The van der Waals surface area contributed by atoms with Crippen molar-refractivity contribution in [1.29, 1.82) is 0 Å². The molecule has 0 aliphatic rings. The lowest BCUT2D eigenvalue weighted by molar-refractivity contribution is -0.695. The minimum atomic E-state index is -3.99. The number of carbonyl (C=O) groups excluding carboxylic acids is 1. The van der Waals surface area contributed by atoms with Gasteiger partial charge in [-0.25, -0.2) is 9.13 Å². The lowest BCUT2D eigenvalue weighted by Gasteiger charge is -2.07. The number of carbonyl (C=O) groups is 1. The van der Waals surface area contributed by atoms with Crippen molar-refractivity contribution in [3.05, 3.63) is 94.6 Å². The van der Waals surface area contributed by atoms with Gasteiger partial charge in [-0.15, -0.1) is 0 Å². The average Bonchev–Trinajstić information content (AvgIpc) is 2.81. The Morgan fingerprint density at radius 2 is 1.21 bits per heavy atom. The zero-order valence-electron chi connectivity index (χ0n) is 19.5. The number of aldehydes is 1. The summed E-state index contributed by atoms with van der Waals surface area (Å²) in [5.74, 6) is 0. The number of benzene rings is 1. The number of aryl methyl sites for hydroxylation is 4. The van der Waals surface area contributed by atoms with E-state index in [0.29, 0.717) is 13.0 Å². The van der Waals surface area contributed by atoms with Gasteiger partial charge in [-0.2, -0.15) is 0 Å². The Morgan fingerprint density at radius 3 is 1.62 bits per heavy atom. The molecule has 2 heterocycles. The first-order chi connectivity index (χ1) is 16.2. The highest BCUT2D eigenvalue weighted by Crippen LogP contribution is 2.33. The first kappa shape index (κ1) is 25.4. The van der Waals surface area contributed by atoms with Gasteiger partial charge in [-0.1, -0.05) is 36.4 Å². The third-order valence-corrected chi connectivity index (χ3v) is 6.34. The van der Waals surface area contributed by atoms with Gasteiger partial charge in [0.25, 0.3) is 0 Å². The van der Waals surface area contributed by atoms with E-state index in [1.54, 1.807) is 4.57 Å². The van der Waals surface area contributed by atoms with Crippen LogP contribution < -0.4 is 9.13 Å². The van der Waals surface area contributed by atoms with E-state index in [4.69, 9.17) is 9.79 Å². The van der Waals surface area contributed by atoms with Gasteiger partial charge in [-0.05, 0) is 47.2 Å². The quantitative estimate of drug-likeness (QED) is 0.262. The summed E-state index contributed by atoms with van der Waals surface area (Å²) in [6.45, 7) is 5.17. The molecule has 2 aromatic heterocycles. The van der Waals surface area contributed by atoms with Crippen LogP contribution in [-0.4, -0.2) is 22.2 Å². The number of hydrogen-bond donors (Lipinski definition) is 2. The third-order valence-electron chi connectivity index (χ3n) is 5.55. The number of hydrogen-bond acceptors (Lipinski definition) is 2. The monoisotopic (exact) mass is 478 g/mol. The Bertz CT molecular complexity index is 1230. The lowest BCUT2D eigenvalue weighted by Crippen LogP contribution is -2.34. The van der Waals surface area contributed by atoms with E-state index >= 15 is 0 Å². The van der Waals surface area contributed by atoms with Crippen LogP contribution in [0.2, 0.25) is 0 Å². The summed E-state index contributed by atoms with van der Waals surface area (Å²) in [4.78, 5) is 28.5. The lowest BCUT2D eigenvalue weighted by atomic mass is 9.98. The molecule has 0 bridgehead atoms. The molecule has 3 rings (SSSR count). The van der Waals surface area contributed by atoms with Crippen LogP contribution in [0.5, 0.6) is 0 Å². The van der Waals surface area contributed by atoms with E-state index in [-0.39, 0.29) is 12.7 Å². The molecular formula is C27H31N2O4P+2. The topological polar surface area (TPSA) is 82.4 Å². The first-order valence-electron chi connectivity index (χ1n) is 11.2. The second-order valence-electron chi connectivity index (χ2n) is 8.31. The van der Waals surface area contributed by atoms with Crippen molar-refractivity contribution < 1.29 is 28.3 Å². The Hall–Kier alpha value is -3.18. The van der Waals surface area contributed by atoms with Gasteiger partial charge in [0.1, 0.15) is 12.4 Å². The smallest absolute Gasteiger partial charge is 0.324 e. The second-order valence-corrected chi connectivity index (χ2v) is 10.1. The maximum atomic E-state index is 11.0. The molecule has 176 valence electrons. The van der Waals surface area contributed by atoms with E-state index in [1.165, 1.54) is 11.1 Å². The van der Waals surface area contributed by atoms with Gasteiger partial charge in [0.05, 0.1) is 6.42 Å². The minimum Gasteiger partial charge on any atom is -0.324 e. The van der Waals surface area contributed by atoms with Crippen molar-refractivity contribution in [1.82, 2.24) is 0 Å². The summed E-state index contributed by atoms with van der Waals surface area (Å²) in [5, 5.41) is 0. The van der Waals surface area contributed by atoms with Gasteiger partial charge in [0.2, 0.25) is 0 Å². The van der Waals surface area contributed by atoms with Crippen molar-refractivity contribution in [3.63, 3.8) is 0 Å². The molecule has 0 fully saturated rings. The highest BCUT2D eigenvalue weighted by atomic mass is 31.2. The van der Waals surface area contributed by atoms with Crippen molar-refractivity contribution in [2.75, 3.05) is 6.16 Å². The Morgan fingerprint density at radius 1 is 0.765 bits per heavy atom. The van der Waals surface area contributed by atoms with E-state index in [2.05, 4.69) is 44.2 Å². The van der Waals surface area contributed by atoms with Gasteiger partial charge in [0, 0.05) is 24.3 Å². The predicted octanol–water partition coefficient (Wildman–Crippen LogP) is 3.99. The van der Waals surface area contributed by atoms with Crippen molar-refractivity contribution in [2.45, 2.75) is 33.4 Å². The first-order valence-corrected chi connectivity index (χ1v) is 13.0. The molecule has 0 amide bonds. The molecule has 0 radical (unpaired) electrons. The Labute approximate surface area is 200 Å². The maximum absolute atomic E-state index is 11.0. The van der Waals surface area contributed by atoms with Crippen LogP contribution in [0, 0.1) is 13.8 Å². The zero-order valence-corrected chi connectivity index (χ0v) is 20.4. The molecule has 34 heavy (non-hydrogen) atoms. The van der Waals surface area contributed by atoms with Gasteiger partial charge in [0.15, 0.2) is 37.9 Å². The van der Waals surface area contributed by atoms with E-state index in [9.17, 15) is 9.36 Å². The highest BCUT2D eigenvalue weighted by molar-refractivity contribution is 7.51. The van der Waals surface area contributed by atoms with Gasteiger partial charge in [-0.3, -0.25) is 4.57 Å². The van der Waals surface area contributed by atoms with Crippen molar-refractivity contribution >= 4 is 38.2 Å². The van der Waals surface area contributed by atoms with Crippen LogP contribution >= 0.6 is 7.60 Å². The molecule has 0 aliphatic carbocycles. The summed E-state index contributed by atoms with van der Waals surface area (Å²) in [6.07, 6.45) is 17.2. The van der Waals surface area contributed by atoms with Crippen LogP contribution in [0.15, 0.2) is 61.2 Å². The zero-order chi connectivity index (χ0) is 24.6. The number of nitrogens with zero attached hydrogens (tertiary/aromatic N) is 2. The molecule has 0 saturated carbocycles. The molecule has 0 unspecified atom stereocenters. The molecule has 0 saturated heterocycles. The minimum absolute atomic E-state index is 0.169. The molecule has 0 atom stereocenters. The number of aromatic nitrogens is 2. The Kier molecular flexibility index (Phi) is 8.83. The SMILES string of the molecule is Cc1cc(/C=C/c2cc[n+](CCP(=O)(O)O)cc2)c(C)cc1/C=C/c1cc[n+](CCC=O)cc1. The van der Waals surface area contributed by atoms with Crippen molar-refractivity contribution in [2.24, 2.45) is 0 Å². The molecule has 6 nitrogen and oxygen atoms in total. The van der Waals surface area contributed by atoms with Crippen molar-refractivity contribution in [3.8, 4) is 0 Å². The molecule has 1 aromatic carbocycles.